The molecule has 0 aromatic heterocycles. The average molecular weight is 166 g/mol. The molecule has 12 heavy (non-hydrogen) atoms. The highest BCUT2D eigenvalue weighted by molar-refractivity contribution is 5.08. The van der Waals surface area contributed by atoms with Crippen LogP contribution in [-0.4, -0.2) is 0 Å². The molecular formula is C11H15F. The van der Waals surface area contributed by atoms with Crippen molar-refractivity contribution in [3.8, 4) is 0 Å². The summed E-state index contributed by atoms with van der Waals surface area (Å²) in [6.07, 6.45) is 13.2. The van der Waals surface area contributed by atoms with E-state index in [1.807, 2.05) is 12.2 Å². The van der Waals surface area contributed by atoms with Gasteiger partial charge in [0, 0.05) is 0 Å². The highest BCUT2D eigenvalue weighted by Gasteiger charge is 2.16. The summed E-state index contributed by atoms with van der Waals surface area (Å²) in [5.41, 5.74) is 0. The van der Waals surface area contributed by atoms with Crippen molar-refractivity contribution in [3.05, 3.63) is 36.2 Å². The maximum atomic E-state index is 12.2. The lowest BCUT2D eigenvalue weighted by Crippen LogP contribution is -1.62. The maximum absolute atomic E-state index is 12.2. The van der Waals surface area contributed by atoms with Crippen LogP contribution in [0.3, 0.4) is 0 Å². The van der Waals surface area contributed by atoms with E-state index in [1.165, 1.54) is 19.8 Å². The van der Waals surface area contributed by atoms with Gasteiger partial charge in [0.25, 0.3) is 0 Å². The fourth-order valence-electron chi connectivity index (χ4n) is 0.898. The van der Waals surface area contributed by atoms with Crippen LogP contribution in [0.2, 0.25) is 0 Å². The Labute approximate surface area is 73.5 Å². The van der Waals surface area contributed by atoms with E-state index in [2.05, 4.69) is 12.2 Å². The minimum absolute atomic E-state index is 0.106. The van der Waals surface area contributed by atoms with Gasteiger partial charge in [-0.05, 0) is 38.2 Å². The molecule has 0 aromatic carbocycles. The van der Waals surface area contributed by atoms with Crippen LogP contribution >= 0.6 is 0 Å². The Balaban J connectivity index is 2.08. The minimum atomic E-state index is -0.106. The Kier molecular flexibility index (Phi) is 3.78. The first-order valence-electron chi connectivity index (χ1n) is 4.44. The van der Waals surface area contributed by atoms with Gasteiger partial charge in [-0.25, -0.2) is 4.39 Å². The van der Waals surface area contributed by atoms with Gasteiger partial charge in [-0.15, -0.1) is 0 Å². The number of allylic oxidation sites excluding steroid dienone is 6. The van der Waals surface area contributed by atoms with Crippen molar-refractivity contribution in [2.75, 3.05) is 0 Å². The predicted octanol–water partition coefficient (Wildman–Crippen LogP) is 3.77. The van der Waals surface area contributed by atoms with Crippen LogP contribution in [0.5, 0.6) is 0 Å². The Hall–Kier alpha value is -0.850. The van der Waals surface area contributed by atoms with Gasteiger partial charge in [0.15, 0.2) is 0 Å². The third kappa shape index (κ3) is 4.89. The molecule has 0 amide bonds. The second kappa shape index (κ2) is 4.91. The van der Waals surface area contributed by atoms with Crippen molar-refractivity contribution in [1.82, 2.24) is 0 Å². The molecule has 0 bridgehead atoms. The van der Waals surface area contributed by atoms with Gasteiger partial charge in [-0.2, -0.15) is 0 Å². The van der Waals surface area contributed by atoms with Gasteiger partial charge < -0.3 is 0 Å². The Morgan fingerprint density at radius 2 is 2.17 bits per heavy atom. The van der Waals surface area contributed by atoms with Gasteiger partial charge in [-0.3, -0.25) is 0 Å². The molecule has 1 fully saturated rings. The number of hydrogen-bond acceptors (Lipinski definition) is 0. The smallest absolute Gasteiger partial charge is 0.0932 e. The number of hydrogen-bond donors (Lipinski definition) is 0. The number of halogens is 1. The molecular weight excluding hydrogens is 151 g/mol. The molecule has 1 rings (SSSR count). The van der Waals surface area contributed by atoms with Crippen molar-refractivity contribution in [1.29, 1.82) is 0 Å². The quantitative estimate of drug-likeness (QED) is 0.558. The van der Waals surface area contributed by atoms with Crippen molar-refractivity contribution in [2.24, 2.45) is 5.92 Å². The lowest BCUT2D eigenvalue weighted by atomic mass is 10.3. The zero-order valence-electron chi connectivity index (χ0n) is 7.46. The highest BCUT2D eigenvalue weighted by atomic mass is 19.1. The predicted molar refractivity (Wildman–Crippen MR) is 50.5 cm³/mol. The minimum Gasteiger partial charge on any atom is -0.212 e. The topological polar surface area (TPSA) is 0 Å². The number of rotatable bonds is 4. The summed E-state index contributed by atoms with van der Waals surface area (Å²) in [7, 11) is 0. The van der Waals surface area contributed by atoms with Gasteiger partial charge >= 0.3 is 0 Å². The van der Waals surface area contributed by atoms with Gasteiger partial charge in [0.1, 0.15) is 0 Å². The molecule has 0 aliphatic heterocycles. The molecule has 0 radical (unpaired) electrons. The van der Waals surface area contributed by atoms with Crippen LogP contribution < -0.4 is 0 Å². The highest BCUT2D eigenvalue weighted by Crippen LogP contribution is 2.29. The van der Waals surface area contributed by atoms with Gasteiger partial charge in [-0.1, -0.05) is 24.3 Å². The average Bonchev–Trinajstić information content (AvgIpc) is 2.79. The maximum Gasteiger partial charge on any atom is 0.0932 e. The van der Waals surface area contributed by atoms with Crippen LogP contribution in [0.15, 0.2) is 36.2 Å². The molecule has 0 N–H and O–H groups in total. The first kappa shape index (κ1) is 9.24. The van der Waals surface area contributed by atoms with Crippen molar-refractivity contribution in [2.45, 2.75) is 26.2 Å². The second-order valence-corrected chi connectivity index (χ2v) is 3.18. The molecule has 0 spiro atoms. The molecule has 0 aromatic rings. The van der Waals surface area contributed by atoms with Gasteiger partial charge in [0.2, 0.25) is 0 Å². The largest absolute Gasteiger partial charge is 0.212 e. The molecule has 1 aliphatic rings. The van der Waals surface area contributed by atoms with E-state index in [-0.39, 0.29) is 5.83 Å². The van der Waals surface area contributed by atoms with Crippen LogP contribution in [0.4, 0.5) is 4.39 Å². The van der Waals surface area contributed by atoms with E-state index in [9.17, 15) is 4.39 Å². The lowest BCUT2D eigenvalue weighted by molar-refractivity contribution is 0.636. The van der Waals surface area contributed by atoms with Crippen molar-refractivity contribution >= 4 is 0 Å². The van der Waals surface area contributed by atoms with Crippen molar-refractivity contribution < 1.29 is 4.39 Å². The molecule has 1 saturated carbocycles. The summed E-state index contributed by atoms with van der Waals surface area (Å²) in [4.78, 5) is 0. The zero-order chi connectivity index (χ0) is 8.81. The van der Waals surface area contributed by atoms with Crippen LogP contribution in [0.25, 0.3) is 0 Å². The van der Waals surface area contributed by atoms with E-state index >= 15 is 0 Å². The summed E-state index contributed by atoms with van der Waals surface area (Å²) < 4.78 is 12.2. The molecule has 0 atom stereocenters. The van der Waals surface area contributed by atoms with E-state index in [1.54, 1.807) is 6.08 Å². The zero-order valence-corrected chi connectivity index (χ0v) is 7.46. The Bertz CT molecular complexity index is 203. The lowest BCUT2D eigenvalue weighted by Gasteiger charge is -1.81. The molecule has 0 saturated heterocycles. The molecule has 0 heterocycles. The van der Waals surface area contributed by atoms with E-state index in [0.717, 1.165) is 5.92 Å². The van der Waals surface area contributed by atoms with Crippen molar-refractivity contribution in [3.63, 3.8) is 0 Å². The molecule has 0 unspecified atom stereocenters. The van der Waals surface area contributed by atoms with Crippen LogP contribution in [-0.2, 0) is 0 Å². The first-order chi connectivity index (χ1) is 5.79. The SMILES string of the molecule is C/C(F)=C\C/C=C\C=C\C1CC1. The molecule has 1 aliphatic carbocycles. The summed E-state index contributed by atoms with van der Waals surface area (Å²) in [6, 6.07) is 0. The normalized spacial score (nSPS) is 19.7. The fraction of sp³-hybridized carbons (Fsp3) is 0.455. The third-order valence-corrected chi connectivity index (χ3v) is 1.79. The molecule has 66 valence electrons. The first-order valence-corrected chi connectivity index (χ1v) is 4.44. The summed E-state index contributed by atoms with van der Waals surface area (Å²) in [6.45, 7) is 1.47. The summed E-state index contributed by atoms with van der Waals surface area (Å²) >= 11 is 0. The third-order valence-electron chi connectivity index (χ3n) is 1.79. The molecule has 1 heteroatoms. The molecule has 0 nitrogen and oxygen atoms in total. The summed E-state index contributed by atoms with van der Waals surface area (Å²) in [5, 5.41) is 0. The monoisotopic (exact) mass is 166 g/mol. The van der Waals surface area contributed by atoms with Crippen LogP contribution in [0.1, 0.15) is 26.2 Å². The Morgan fingerprint density at radius 3 is 2.75 bits per heavy atom. The van der Waals surface area contributed by atoms with E-state index < -0.39 is 0 Å². The standard InChI is InChI=1S/C11H15F/c1-10(12)6-4-2-3-5-7-11-8-9-11/h2-3,5-7,11H,4,8-9H2,1H3/b3-2-,7-5+,10-6+. The van der Waals surface area contributed by atoms with Gasteiger partial charge in [0.05, 0.1) is 5.83 Å². The van der Waals surface area contributed by atoms with E-state index in [4.69, 9.17) is 0 Å². The fourth-order valence-corrected chi connectivity index (χ4v) is 0.898. The Morgan fingerprint density at radius 1 is 1.42 bits per heavy atom. The summed E-state index contributed by atoms with van der Waals surface area (Å²) in [5.74, 6) is 0.721. The van der Waals surface area contributed by atoms with Crippen LogP contribution in [0, 0.1) is 5.92 Å². The van der Waals surface area contributed by atoms with E-state index in [0.29, 0.717) is 6.42 Å². The second-order valence-electron chi connectivity index (χ2n) is 3.18.